The van der Waals surface area contributed by atoms with E-state index in [9.17, 15) is 4.79 Å². The van der Waals surface area contributed by atoms with E-state index in [0.717, 1.165) is 0 Å². The van der Waals surface area contributed by atoms with Crippen LogP contribution in [-0.4, -0.2) is 28.9 Å². The van der Waals surface area contributed by atoms with Gasteiger partial charge in [0.1, 0.15) is 0 Å². The highest BCUT2D eigenvalue weighted by Gasteiger charge is 2.19. The Morgan fingerprint density at radius 3 is 3.00 bits per heavy atom. The molecular weight excluding hydrogens is 230 g/mol. The van der Waals surface area contributed by atoms with Gasteiger partial charge in [0.05, 0.1) is 17.6 Å². The van der Waals surface area contributed by atoms with Gasteiger partial charge in [-0.1, -0.05) is 0 Å². The summed E-state index contributed by atoms with van der Waals surface area (Å²) in [6, 6.07) is 5.45. The molecule has 1 amide bonds. The number of nitrogens with two attached hydrogens (primary N) is 1. The minimum Gasteiger partial charge on any atom is -0.338 e. The SMILES string of the molecule is CCN(CC(C)C#N)C(=O)c1cccnc1NN. The molecule has 0 aliphatic carbocycles. The van der Waals surface area contributed by atoms with E-state index in [4.69, 9.17) is 11.1 Å². The molecular formula is C12H17N5O. The van der Waals surface area contributed by atoms with Crippen molar-refractivity contribution >= 4 is 11.7 Å². The van der Waals surface area contributed by atoms with Crippen LogP contribution < -0.4 is 11.3 Å². The molecule has 0 saturated carbocycles. The first-order chi connectivity index (χ1) is 8.63. The predicted octanol–water partition coefficient (Wildman–Crippen LogP) is 0.989. The number of hydrogen-bond acceptors (Lipinski definition) is 5. The van der Waals surface area contributed by atoms with Crippen LogP contribution in [0.3, 0.4) is 0 Å². The standard InChI is InChI=1S/C12H17N5O/c1-3-17(8-9(2)7-13)12(18)10-5-4-6-15-11(10)16-14/h4-6,9H,3,8,14H2,1-2H3,(H,15,16). The van der Waals surface area contributed by atoms with Crippen LogP contribution in [-0.2, 0) is 0 Å². The maximum atomic E-state index is 12.3. The molecule has 0 aromatic carbocycles. The van der Waals surface area contributed by atoms with E-state index >= 15 is 0 Å². The van der Waals surface area contributed by atoms with Crippen LogP contribution in [0.4, 0.5) is 5.82 Å². The number of aromatic nitrogens is 1. The number of nitriles is 1. The van der Waals surface area contributed by atoms with Gasteiger partial charge in [-0.2, -0.15) is 5.26 Å². The largest absolute Gasteiger partial charge is 0.338 e. The molecule has 1 heterocycles. The minimum absolute atomic E-state index is 0.180. The van der Waals surface area contributed by atoms with Gasteiger partial charge in [0.25, 0.3) is 5.91 Å². The topological polar surface area (TPSA) is 95.0 Å². The Labute approximate surface area is 106 Å². The van der Waals surface area contributed by atoms with Crippen LogP contribution in [0.1, 0.15) is 24.2 Å². The summed E-state index contributed by atoms with van der Waals surface area (Å²) < 4.78 is 0. The molecule has 0 spiro atoms. The normalized spacial score (nSPS) is 11.4. The molecule has 1 atom stereocenters. The van der Waals surface area contributed by atoms with E-state index in [1.54, 1.807) is 30.2 Å². The van der Waals surface area contributed by atoms with Gasteiger partial charge in [-0.25, -0.2) is 10.8 Å². The highest BCUT2D eigenvalue weighted by Crippen LogP contribution is 2.14. The molecule has 0 fully saturated rings. The smallest absolute Gasteiger partial charge is 0.257 e. The minimum atomic E-state index is -0.208. The number of amides is 1. The van der Waals surface area contributed by atoms with Crippen LogP contribution in [0.15, 0.2) is 18.3 Å². The van der Waals surface area contributed by atoms with Gasteiger partial charge in [0.2, 0.25) is 0 Å². The van der Waals surface area contributed by atoms with Gasteiger partial charge >= 0.3 is 0 Å². The van der Waals surface area contributed by atoms with Crippen LogP contribution in [0.25, 0.3) is 0 Å². The summed E-state index contributed by atoms with van der Waals surface area (Å²) in [5.74, 6) is 5.27. The Hall–Kier alpha value is -2.13. The van der Waals surface area contributed by atoms with E-state index < -0.39 is 0 Å². The molecule has 18 heavy (non-hydrogen) atoms. The third-order valence-corrected chi connectivity index (χ3v) is 2.56. The van der Waals surface area contributed by atoms with E-state index in [1.807, 2.05) is 6.92 Å². The first-order valence-electron chi connectivity index (χ1n) is 5.74. The summed E-state index contributed by atoms with van der Waals surface area (Å²) >= 11 is 0. The third kappa shape index (κ3) is 3.18. The Morgan fingerprint density at radius 2 is 2.44 bits per heavy atom. The third-order valence-electron chi connectivity index (χ3n) is 2.56. The highest BCUT2D eigenvalue weighted by atomic mass is 16.2. The number of carbonyl (C=O) groups excluding carboxylic acids is 1. The van der Waals surface area contributed by atoms with Crippen molar-refractivity contribution in [1.29, 1.82) is 5.26 Å². The Balaban J connectivity index is 2.93. The fourth-order valence-electron chi connectivity index (χ4n) is 1.59. The van der Waals surface area contributed by atoms with Crippen molar-refractivity contribution in [1.82, 2.24) is 9.88 Å². The molecule has 6 heteroatoms. The van der Waals surface area contributed by atoms with E-state index in [1.165, 1.54) is 0 Å². The Bertz CT molecular complexity index is 454. The zero-order chi connectivity index (χ0) is 13.5. The first-order valence-corrected chi connectivity index (χ1v) is 5.74. The number of nitrogens with one attached hydrogen (secondary N) is 1. The molecule has 0 radical (unpaired) electrons. The quantitative estimate of drug-likeness (QED) is 0.597. The highest BCUT2D eigenvalue weighted by molar-refractivity contribution is 5.98. The Kier molecular flexibility index (Phi) is 5.08. The molecule has 1 aromatic rings. The second-order valence-corrected chi connectivity index (χ2v) is 3.92. The van der Waals surface area contributed by atoms with E-state index in [2.05, 4.69) is 16.5 Å². The number of pyridine rings is 1. The fourth-order valence-corrected chi connectivity index (χ4v) is 1.59. The summed E-state index contributed by atoms with van der Waals surface area (Å²) in [6.07, 6.45) is 1.56. The summed E-state index contributed by atoms with van der Waals surface area (Å²) in [4.78, 5) is 17.9. The monoisotopic (exact) mass is 247 g/mol. The van der Waals surface area contributed by atoms with Crippen molar-refractivity contribution in [3.63, 3.8) is 0 Å². The number of anilines is 1. The number of nitrogens with zero attached hydrogens (tertiary/aromatic N) is 3. The molecule has 1 unspecified atom stereocenters. The van der Waals surface area contributed by atoms with E-state index in [-0.39, 0.29) is 11.8 Å². The average molecular weight is 247 g/mol. The lowest BCUT2D eigenvalue weighted by molar-refractivity contribution is 0.0753. The number of nitrogen functional groups attached to an aromatic ring is 1. The van der Waals surface area contributed by atoms with Gasteiger partial charge in [-0.05, 0) is 26.0 Å². The van der Waals surface area contributed by atoms with Gasteiger partial charge in [-0.15, -0.1) is 0 Å². The van der Waals surface area contributed by atoms with Crippen LogP contribution in [0.2, 0.25) is 0 Å². The fraction of sp³-hybridized carbons (Fsp3) is 0.417. The summed E-state index contributed by atoms with van der Waals surface area (Å²) in [7, 11) is 0. The van der Waals surface area contributed by atoms with Crippen LogP contribution >= 0.6 is 0 Å². The lowest BCUT2D eigenvalue weighted by Crippen LogP contribution is -2.35. The Morgan fingerprint density at radius 1 is 1.72 bits per heavy atom. The second kappa shape index (κ2) is 6.57. The number of hydrazine groups is 1. The van der Waals surface area contributed by atoms with Gasteiger partial charge in [-0.3, -0.25) is 4.79 Å². The summed E-state index contributed by atoms with van der Waals surface area (Å²) in [5.41, 5.74) is 2.81. The molecule has 0 bridgehead atoms. The van der Waals surface area contributed by atoms with Crippen molar-refractivity contribution in [3.05, 3.63) is 23.9 Å². The molecule has 1 aromatic heterocycles. The lowest BCUT2D eigenvalue weighted by atomic mass is 10.1. The molecule has 3 N–H and O–H groups in total. The van der Waals surface area contributed by atoms with Crippen molar-refractivity contribution in [2.45, 2.75) is 13.8 Å². The van der Waals surface area contributed by atoms with Crippen molar-refractivity contribution in [2.75, 3.05) is 18.5 Å². The predicted molar refractivity (Wildman–Crippen MR) is 68.4 cm³/mol. The maximum absolute atomic E-state index is 12.3. The van der Waals surface area contributed by atoms with Gasteiger partial charge in [0, 0.05) is 19.3 Å². The van der Waals surface area contributed by atoms with Crippen LogP contribution in [0, 0.1) is 17.2 Å². The van der Waals surface area contributed by atoms with E-state index in [0.29, 0.717) is 24.5 Å². The second-order valence-electron chi connectivity index (χ2n) is 3.92. The summed E-state index contributed by atoms with van der Waals surface area (Å²) in [5, 5.41) is 8.80. The maximum Gasteiger partial charge on any atom is 0.257 e. The number of rotatable bonds is 5. The average Bonchev–Trinajstić information content (AvgIpc) is 2.43. The zero-order valence-corrected chi connectivity index (χ0v) is 10.6. The number of hydrogen-bond donors (Lipinski definition) is 2. The molecule has 0 aliphatic heterocycles. The molecule has 6 nitrogen and oxygen atoms in total. The molecule has 1 rings (SSSR count). The molecule has 96 valence electrons. The van der Waals surface area contributed by atoms with Gasteiger partial charge in [0.15, 0.2) is 5.82 Å². The first kappa shape index (κ1) is 13.9. The number of carbonyl (C=O) groups is 1. The van der Waals surface area contributed by atoms with Crippen LogP contribution in [0.5, 0.6) is 0 Å². The molecule has 0 saturated heterocycles. The van der Waals surface area contributed by atoms with Crippen molar-refractivity contribution in [3.8, 4) is 6.07 Å². The molecule has 0 aliphatic rings. The lowest BCUT2D eigenvalue weighted by Gasteiger charge is -2.22. The van der Waals surface area contributed by atoms with Gasteiger partial charge < -0.3 is 10.3 Å². The zero-order valence-electron chi connectivity index (χ0n) is 10.6. The van der Waals surface area contributed by atoms with Crippen molar-refractivity contribution < 1.29 is 4.79 Å². The van der Waals surface area contributed by atoms with Crippen molar-refractivity contribution in [2.24, 2.45) is 11.8 Å². The summed E-state index contributed by atoms with van der Waals surface area (Å²) in [6.45, 7) is 4.57.